The third kappa shape index (κ3) is 3.05. The molecular formula is C14H14ClNOS. The van der Waals surface area contributed by atoms with Crippen molar-refractivity contribution >= 4 is 23.4 Å². The van der Waals surface area contributed by atoms with Gasteiger partial charge in [-0.05, 0) is 30.2 Å². The second-order valence-electron chi connectivity index (χ2n) is 3.85. The fourth-order valence-electron chi connectivity index (χ4n) is 1.62. The second-order valence-corrected chi connectivity index (χ2v) is 5.29. The Morgan fingerprint density at radius 2 is 2.06 bits per heavy atom. The van der Waals surface area contributed by atoms with Crippen molar-refractivity contribution in [3.05, 3.63) is 53.2 Å². The van der Waals surface area contributed by atoms with E-state index in [4.69, 9.17) is 11.6 Å². The molecule has 0 saturated heterocycles. The van der Waals surface area contributed by atoms with Crippen molar-refractivity contribution in [3.63, 3.8) is 0 Å². The van der Waals surface area contributed by atoms with Crippen molar-refractivity contribution in [2.45, 2.75) is 29.4 Å². The van der Waals surface area contributed by atoms with Crippen LogP contribution in [0.3, 0.4) is 0 Å². The maximum Gasteiger partial charge on any atom is 0.119 e. The van der Waals surface area contributed by atoms with Crippen LogP contribution in [-0.2, 0) is 0 Å². The Morgan fingerprint density at radius 1 is 1.28 bits per heavy atom. The molecule has 2 rings (SSSR count). The van der Waals surface area contributed by atoms with E-state index in [1.807, 2.05) is 37.3 Å². The number of aliphatic hydroxyl groups excluding tert-OH is 1. The van der Waals surface area contributed by atoms with Crippen LogP contribution in [0.1, 0.15) is 25.0 Å². The number of benzene rings is 1. The lowest BCUT2D eigenvalue weighted by molar-refractivity contribution is 0.171. The third-order valence-corrected chi connectivity index (χ3v) is 4.12. The van der Waals surface area contributed by atoms with Gasteiger partial charge in [0.2, 0.25) is 0 Å². The SMILES string of the molecule is CC[C@H](O)c1ccccc1Sc1ncccc1Cl. The van der Waals surface area contributed by atoms with E-state index >= 15 is 0 Å². The normalized spacial score (nSPS) is 12.4. The molecule has 94 valence electrons. The van der Waals surface area contributed by atoms with Gasteiger partial charge in [0.25, 0.3) is 0 Å². The topological polar surface area (TPSA) is 33.1 Å². The van der Waals surface area contributed by atoms with E-state index in [0.717, 1.165) is 15.5 Å². The standard InChI is InChI=1S/C14H14ClNOS/c1-2-12(17)10-6-3-4-8-13(10)18-14-11(15)7-5-9-16-14/h3-9,12,17H,2H2,1H3/t12-/m0/s1. The number of aliphatic hydroxyl groups is 1. The predicted molar refractivity (Wildman–Crippen MR) is 75.1 cm³/mol. The van der Waals surface area contributed by atoms with Crippen molar-refractivity contribution in [2.75, 3.05) is 0 Å². The third-order valence-electron chi connectivity index (χ3n) is 2.60. The van der Waals surface area contributed by atoms with E-state index in [9.17, 15) is 5.11 Å². The van der Waals surface area contributed by atoms with Crippen molar-refractivity contribution < 1.29 is 5.11 Å². The summed E-state index contributed by atoms with van der Waals surface area (Å²) in [6.07, 6.45) is 1.96. The molecule has 0 amide bonds. The van der Waals surface area contributed by atoms with Gasteiger partial charge in [0.1, 0.15) is 5.03 Å². The van der Waals surface area contributed by atoms with Crippen molar-refractivity contribution in [1.29, 1.82) is 0 Å². The van der Waals surface area contributed by atoms with Crippen LogP contribution in [0.15, 0.2) is 52.5 Å². The highest BCUT2D eigenvalue weighted by Gasteiger charge is 2.12. The summed E-state index contributed by atoms with van der Waals surface area (Å²) in [6.45, 7) is 1.96. The maximum absolute atomic E-state index is 9.99. The molecule has 0 radical (unpaired) electrons. The zero-order chi connectivity index (χ0) is 13.0. The van der Waals surface area contributed by atoms with Gasteiger partial charge in [0, 0.05) is 11.1 Å². The molecule has 1 heterocycles. The smallest absolute Gasteiger partial charge is 0.119 e. The van der Waals surface area contributed by atoms with E-state index in [2.05, 4.69) is 4.98 Å². The largest absolute Gasteiger partial charge is 0.388 e. The quantitative estimate of drug-likeness (QED) is 0.904. The molecule has 0 spiro atoms. The van der Waals surface area contributed by atoms with Crippen LogP contribution in [0.25, 0.3) is 0 Å². The number of hydrogen-bond donors (Lipinski definition) is 1. The van der Waals surface area contributed by atoms with Gasteiger partial charge in [-0.15, -0.1) is 0 Å². The Hall–Kier alpha value is -1.03. The predicted octanol–water partition coefficient (Wildman–Crippen LogP) is 4.33. The molecule has 0 saturated carbocycles. The summed E-state index contributed by atoms with van der Waals surface area (Å²) < 4.78 is 0. The summed E-state index contributed by atoms with van der Waals surface area (Å²) in [6, 6.07) is 11.4. The molecule has 4 heteroatoms. The number of rotatable bonds is 4. The summed E-state index contributed by atoms with van der Waals surface area (Å²) in [5.74, 6) is 0. The van der Waals surface area contributed by atoms with Crippen molar-refractivity contribution in [2.24, 2.45) is 0 Å². The summed E-state index contributed by atoms with van der Waals surface area (Å²) in [4.78, 5) is 5.24. The average Bonchev–Trinajstić information content (AvgIpc) is 2.41. The molecule has 1 aromatic carbocycles. The van der Waals surface area contributed by atoms with Crippen LogP contribution in [0.2, 0.25) is 5.02 Å². The van der Waals surface area contributed by atoms with E-state index in [1.54, 1.807) is 12.3 Å². The minimum Gasteiger partial charge on any atom is -0.388 e. The first-order chi connectivity index (χ1) is 8.72. The summed E-state index contributed by atoms with van der Waals surface area (Å²) >= 11 is 7.58. The molecule has 0 fully saturated rings. The van der Waals surface area contributed by atoms with Gasteiger partial charge in [0.15, 0.2) is 0 Å². The first-order valence-electron chi connectivity index (χ1n) is 5.77. The number of pyridine rings is 1. The van der Waals surface area contributed by atoms with Gasteiger partial charge in [-0.2, -0.15) is 0 Å². The first-order valence-corrected chi connectivity index (χ1v) is 6.97. The average molecular weight is 280 g/mol. The Bertz CT molecular complexity index is 533. The summed E-state index contributed by atoms with van der Waals surface area (Å²) in [5, 5.41) is 11.4. The minimum atomic E-state index is -0.448. The monoisotopic (exact) mass is 279 g/mol. The maximum atomic E-state index is 9.99. The molecule has 2 aromatic rings. The lowest BCUT2D eigenvalue weighted by Crippen LogP contribution is -1.97. The van der Waals surface area contributed by atoms with Gasteiger partial charge in [-0.3, -0.25) is 0 Å². The molecule has 2 nitrogen and oxygen atoms in total. The van der Waals surface area contributed by atoms with E-state index < -0.39 is 6.10 Å². The molecular weight excluding hydrogens is 266 g/mol. The number of halogens is 1. The molecule has 0 aliphatic rings. The second kappa shape index (κ2) is 6.23. The van der Waals surface area contributed by atoms with E-state index in [0.29, 0.717) is 11.4 Å². The van der Waals surface area contributed by atoms with Gasteiger partial charge in [0.05, 0.1) is 11.1 Å². The fourth-order valence-corrected chi connectivity index (χ4v) is 2.81. The number of aromatic nitrogens is 1. The Labute approximate surface area is 116 Å². The van der Waals surface area contributed by atoms with Gasteiger partial charge in [-0.25, -0.2) is 4.98 Å². The summed E-state index contributed by atoms with van der Waals surface area (Å²) in [5.41, 5.74) is 0.923. The highest BCUT2D eigenvalue weighted by atomic mass is 35.5. The molecule has 0 aliphatic carbocycles. The van der Waals surface area contributed by atoms with Crippen LogP contribution in [0.4, 0.5) is 0 Å². The van der Waals surface area contributed by atoms with Crippen LogP contribution >= 0.6 is 23.4 Å². The number of nitrogens with zero attached hydrogens (tertiary/aromatic N) is 1. The number of hydrogen-bond acceptors (Lipinski definition) is 3. The van der Waals surface area contributed by atoms with Crippen molar-refractivity contribution in [1.82, 2.24) is 4.98 Å². The Kier molecular flexibility index (Phi) is 4.64. The Balaban J connectivity index is 2.32. The molecule has 0 unspecified atom stereocenters. The van der Waals surface area contributed by atoms with Gasteiger partial charge >= 0.3 is 0 Å². The molecule has 1 N–H and O–H groups in total. The van der Waals surface area contributed by atoms with Crippen LogP contribution in [-0.4, -0.2) is 10.1 Å². The van der Waals surface area contributed by atoms with Crippen LogP contribution in [0.5, 0.6) is 0 Å². The highest BCUT2D eigenvalue weighted by molar-refractivity contribution is 7.99. The van der Waals surface area contributed by atoms with Gasteiger partial charge < -0.3 is 5.11 Å². The lowest BCUT2D eigenvalue weighted by Gasteiger charge is -2.13. The minimum absolute atomic E-state index is 0.448. The lowest BCUT2D eigenvalue weighted by atomic mass is 10.1. The fraction of sp³-hybridized carbons (Fsp3) is 0.214. The zero-order valence-electron chi connectivity index (χ0n) is 10.0. The molecule has 1 atom stereocenters. The Morgan fingerprint density at radius 3 is 2.78 bits per heavy atom. The van der Waals surface area contributed by atoms with E-state index in [1.165, 1.54) is 11.8 Å². The molecule has 0 bridgehead atoms. The first kappa shape index (κ1) is 13.4. The summed E-state index contributed by atoms with van der Waals surface area (Å²) in [7, 11) is 0. The molecule has 0 aliphatic heterocycles. The molecule has 18 heavy (non-hydrogen) atoms. The van der Waals surface area contributed by atoms with Crippen molar-refractivity contribution in [3.8, 4) is 0 Å². The molecule has 1 aromatic heterocycles. The van der Waals surface area contributed by atoms with Crippen LogP contribution < -0.4 is 0 Å². The van der Waals surface area contributed by atoms with Crippen LogP contribution in [0, 0.1) is 0 Å². The highest BCUT2D eigenvalue weighted by Crippen LogP contribution is 2.35. The van der Waals surface area contributed by atoms with E-state index in [-0.39, 0.29) is 0 Å². The van der Waals surface area contributed by atoms with Gasteiger partial charge in [-0.1, -0.05) is 48.5 Å². The zero-order valence-corrected chi connectivity index (χ0v) is 11.6.